The van der Waals surface area contributed by atoms with E-state index in [2.05, 4.69) is 25.0 Å². The maximum Gasteiger partial charge on any atom is 0.293 e. The van der Waals surface area contributed by atoms with Crippen molar-refractivity contribution in [3.63, 3.8) is 0 Å². The number of sulfonamides is 1. The summed E-state index contributed by atoms with van der Waals surface area (Å²) in [7, 11) is -3.79. The normalized spacial score (nSPS) is 20.1. The first-order chi connectivity index (χ1) is 18.5. The van der Waals surface area contributed by atoms with E-state index in [9.17, 15) is 22.0 Å². The number of hydrogen-bond donors (Lipinski definition) is 3. The number of aryl methyl sites for hydroxylation is 1. The third kappa shape index (κ3) is 6.55. The molecule has 4 heterocycles. The van der Waals surface area contributed by atoms with Crippen LogP contribution >= 0.6 is 0 Å². The first kappa shape index (κ1) is 27.4. The number of amides is 1. The summed E-state index contributed by atoms with van der Waals surface area (Å²) in [6.45, 7) is 2.87. The Morgan fingerprint density at radius 3 is 2.31 bits per heavy atom. The van der Waals surface area contributed by atoms with Gasteiger partial charge in [-0.25, -0.2) is 32.2 Å². The lowest BCUT2D eigenvalue weighted by Crippen LogP contribution is -2.40. The summed E-state index contributed by atoms with van der Waals surface area (Å²) in [5, 5.41) is 11.9. The zero-order valence-corrected chi connectivity index (χ0v) is 22.6. The van der Waals surface area contributed by atoms with Crippen molar-refractivity contribution in [1.29, 1.82) is 0 Å². The van der Waals surface area contributed by atoms with Crippen LogP contribution in [0.4, 0.5) is 31.9 Å². The topological polar surface area (TPSA) is 141 Å². The fourth-order valence-electron chi connectivity index (χ4n) is 5.10. The van der Waals surface area contributed by atoms with Gasteiger partial charge in [0.15, 0.2) is 5.82 Å². The highest BCUT2D eigenvalue weighted by Gasteiger charge is 2.45. The number of aromatic nitrogens is 3. The molecule has 2 saturated heterocycles. The van der Waals surface area contributed by atoms with Crippen molar-refractivity contribution in [2.45, 2.75) is 51.4 Å². The zero-order chi connectivity index (χ0) is 27.8. The van der Waals surface area contributed by atoms with Crippen molar-refractivity contribution in [1.82, 2.24) is 15.0 Å². The van der Waals surface area contributed by atoms with Crippen LogP contribution in [0.15, 0.2) is 18.2 Å². The number of pyridine rings is 1. The van der Waals surface area contributed by atoms with Gasteiger partial charge in [-0.1, -0.05) is 0 Å². The number of nitrogens with zero attached hydrogens (tertiary/aromatic N) is 5. The predicted octanol–water partition coefficient (Wildman–Crippen LogP) is 2.78. The van der Waals surface area contributed by atoms with Gasteiger partial charge in [-0.15, -0.1) is 0 Å². The molecule has 2 aromatic heterocycles. The Hall–Kier alpha value is -3.13. The summed E-state index contributed by atoms with van der Waals surface area (Å²) >= 11 is 0. The second-order valence-corrected chi connectivity index (χ2v) is 12.5. The van der Waals surface area contributed by atoms with E-state index in [1.807, 2.05) is 4.90 Å². The predicted molar refractivity (Wildman–Crippen MR) is 143 cm³/mol. The van der Waals surface area contributed by atoms with Gasteiger partial charge in [0.2, 0.25) is 15.8 Å². The number of carbonyl (C=O) groups excluding carboxylic acids is 1. The van der Waals surface area contributed by atoms with Crippen molar-refractivity contribution >= 4 is 39.1 Å². The molecule has 1 saturated carbocycles. The Labute approximate surface area is 226 Å². The number of halogens is 2. The minimum atomic E-state index is -3.79. The molecule has 2 aromatic rings. The van der Waals surface area contributed by atoms with Gasteiger partial charge in [0.1, 0.15) is 11.6 Å². The highest BCUT2D eigenvalue weighted by atomic mass is 32.2. The summed E-state index contributed by atoms with van der Waals surface area (Å²) in [5.74, 6) is -2.93. The van der Waals surface area contributed by atoms with Crippen molar-refractivity contribution < 1.29 is 27.1 Å². The van der Waals surface area contributed by atoms with E-state index in [-0.39, 0.29) is 37.6 Å². The molecule has 0 atom stereocenters. The minimum absolute atomic E-state index is 0.0825. The van der Waals surface area contributed by atoms with Crippen LogP contribution in [0.3, 0.4) is 0 Å². The van der Waals surface area contributed by atoms with Crippen LogP contribution in [0, 0.1) is 12.3 Å². The number of anilines is 4. The largest absolute Gasteiger partial charge is 0.395 e. The summed E-state index contributed by atoms with van der Waals surface area (Å²) in [4.78, 5) is 30.2. The Balaban J connectivity index is 1.38. The van der Waals surface area contributed by atoms with Crippen molar-refractivity contribution in [3.05, 3.63) is 29.7 Å². The third-order valence-electron chi connectivity index (χ3n) is 7.69. The Morgan fingerprint density at radius 1 is 1.00 bits per heavy atom. The maximum absolute atomic E-state index is 13.6. The molecule has 39 heavy (non-hydrogen) atoms. The Morgan fingerprint density at radius 2 is 1.67 bits per heavy atom. The highest BCUT2D eigenvalue weighted by molar-refractivity contribution is 7.92. The molecule has 0 bridgehead atoms. The van der Waals surface area contributed by atoms with Gasteiger partial charge in [-0.2, -0.15) is 0 Å². The van der Waals surface area contributed by atoms with Crippen molar-refractivity contribution in [2.75, 3.05) is 58.4 Å². The Kier molecular flexibility index (Phi) is 7.35. The average molecular weight is 566 g/mol. The van der Waals surface area contributed by atoms with E-state index >= 15 is 0 Å². The highest BCUT2D eigenvalue weighted by Crippen LogP contribution is 2.54. The number of carbonyl (C=O) groups is 1. The SMILES string of the molecule is Cc1cc(N2CCC(F)(F)CC2)nc(C(=O)Nc2ccc(NS(=O)(=O)CCO)nc2N2CCC3(CC2)CC3)n1. The number of piperidine rings is 2. The Bertz CT molecular complexity index is 1330. The average Bonchev–Trinajstić information content (AvgIpc) is 3.63. The maximum atomic E-state index is 13.6. The number of alkyl halides is 2. The molecule has 14 heteroatoms. The van der Waals surface area contributed by atoms with Gasteiger partial charge in [-0.05, 0) is 50.2 Å². The molecule has 0 radical (unpaired) electrons. The smallest absolute Gasteiger partial charge is 0.293 e. The lowest BCUT2D eigenvalue weighted by molar-refractivity contribution is -0.0221. The number of rotatable bonds is 8. The van der Waals surface area contributed by atoms with Crippen molar-refractivity contribution in [3.8, 4) is 0 Å². The molecule has 2 aliphatic heterocycles. The van der Waals surface area contributed by atoms with Crippen LogP contribution in [0.2, 0.25) is 0 Å². The molecule has 1 amide bonds. The number of aliphatic hydroxyl groups excluding tert-OH is 1. The van der Waals surface area contributed by atoms with Crippen LogP contribution in [0.25, 0.3) is 0 Å². The first-order valence-corrected chi connectivity index (χ1v) is 14.8. The number of nitrogens with one attached hydrogen (secondary N) is 2. The molecule has 3 N–H and O–H groups in total. The fraction of sp³-hybridized carbons (Fsp3) is 0.600. The number of hydrogen-bond acceptors (Lipinski definition) is 9. The molecule has 0 aromatic carbocycles. The lowest BCUT2D eigenvalue weighted by Gasteiger charge is -2.34. The third-order valence-corrected chi connectivity index (χ3v) is 8.93. The molecule has 5 rings (SSSR count). The van der Waals surface area contributed by atoms with E-state index in [4.69, 9.17) is 5.11 Å². The van der Waals surface area contributed by atoms with E-state index in [0.717, 1.165) is 12.8 Å². The van der Waals surface area contributed by atoms with E-state index in [0.29, 0.717) is 41.5 Å². The minimum Gasteiger partial charge on any atom is -0.395 e. The van der Waals surface area contributed by atoms with Crippen LogP contribution in [-0.4, -0.2) is 78.8 Å². The van der Waals surface area contributed by atoms with Crippen molar-refractivity contribution in [2.24, 2.45) is 5.41 Å². The summed E-state index contributed by atoms with van der Waals surface area (Å²) in [5.41, 5.74) is 1.30. The van der Waals surface area contributed by atoms with Gasteiger partial charge >= 0.3 is 0 Å². The van der Waals surface area contributed by atoms with E-state index in [1.54, 1.807) is 24.0 Å². The van der Waals surface area contributed by atoms with Crippen LogP contribution in [0.1, 0.15) is 54.8 Å². The number of aliphatic hydroxyl groups is 1. The fourth-order valence-corrected chi connectivity index (χ4v) is 5.88. The molecule has 1 spiro atoms. The molecule has 212 valence electrons. The summed E-state index contributed by atoms with van der Waals surface area (Å²) < 4.78 is 54.0. The molecule has 3 fully saturated rings. The lowest BCUT2D eigenvalue weighted by atomic mass is 9.94. The summed E-state index contributed by atoms with van der Waals surface area (Å²) in [6.07, 6.45) is 3.83. The van der Waals surface area contributed by atoms with Gasteiger partial charge in [-0.3, -0.25) is 9.52 Å². The molecule has 1 aliphatic carbocycles. The zero-order valence-electron chi connectivity index (χ0n) is 21.8. The van der Waals surface area contributed by atoms with Crippen LogP contribution in [-0.2, 0) is 10.0 Å². The molecule has 0 unspecified atom stereocenters. The molecular weight excluding hydrogens is 532 g/mol. The second kappa shape index (κ2) is 10.5. The molecular formula is C25H33F2N7O4S. The van der Waals surface area contributed by atoms with E-state index in [1.165, 1.54) is 18.9 Å². The van der Waals surface area contributed by atoms with Gasteiger partial charge in [0, 0.05) is 50.8 Å². The monoisotopic (exact) mass is 565 g/mol. The second-order valence-electron chi connectivity index (χ2n) is 10.7. The van der Waals surface area contributed by atoms with Crippen LogP contribution < -0.4 is 19.8 Å². The van der Waals surface area contributed by atoms with E-state index < -0.39 is 34.2 Å². The molecule has 11 nitrogen and oxygen atoms in total. The van der Waals surface area contributed by atoms with Gasteiger partial charge in [0.05, 0.1) is 18.0 Å². The summed E-state index contributed by atoms with van der Waals surface area (Å²) in [6, 6.07) is 4.68. The quantitative estimate of drug-likeness (QED) is 0.441. The first-order valence-electron chi connectivity index (χ1n) is 13.1. The van der Waals surface area contributed by atoms with Crippen LogP contribution in [0.5, 0.6) is 0 Å². The standard InChI is InChI=1S/C25H33F2N7O4S/c1-17-16-20(33-12-8-25(26,27)9-13-33)31-21(28-17)23(36)29-18-2-3-19(32-39(37,38)15-14-35)30-22(18)34-10-6-24(4-5-24)7-11-34/h2-3,16,35H,4-15H2,1H3,(H,29,36)(H,30,32). The molecule has 3 aliphatic rings. The van der Waals surface area contributed by atoms with Gasteiger partial charge < -0.3 is 20.2 Å². The van der Waals surface area contributed by atoms with Gasteiger partial charge in [0.25, 0.3) is 11.8 Å².